The lowest BCUT2D eigenvalue weighted by Crippen LogP contribution is -2.47. The van der Waals surface area contributed by atoms with Gasteiger partial charge in [0, 0.05) is 5.75 Å². The number of carbonyl (C=O) groups excluding carboxylic acids is 1. The van der Waals surface area contributed by atoms with Crippen LogP contribution in [0.2, 0.25) is 0 Å². The van der Waals surface area contributed by atoms with Crippen LogP contribution in [0.15, 0.2) is 0 Å². The maximum atomic E-state index is 12.2. The van der Waals surface area contributed by atoms with E-state index in [1.54, 1.807) is 0 Å². The predicted molar refractivity (Wildman–Crippen MR) is 57.9 cm³/mol. The Bertz CT molecular complexity index is 370. The second-order valence-corrected chi connectivity index (χ2v) is 5.66. The Hall–Kier alpha value is -0.920. The highest BCUT2D eigenvalue weighted by molar-refractivity contribution is 8.00. The second-order valence-electron chi connectivity index (χ2n) is 4.51. The SMILES string of the molecule is O=C(O)C1CSC(C2CC2)N1C(=O)CC(F)(F)F. The molecule has 0 aromatic heterocycles. The van der Waals surface area contributed by atoms with Crippen LogP contribution in [0, 0.1) is 5.92 Å². The molecule has 0 aromatic rings. The zero-order valence-corrected chi connectivity index (χ0v) is 10.1. The molecule has 1 amide bonds. The Balaban J connectivity index is 2.12. The van der Waals surface area contributed by atoms with Crippen LogP contribution in [-0.4, -0.2) is 45.2 Å². The molecule has 2 aliphatic rings. The molecule has 2 rings (SSSR count). The van der Waals surface area contributed by atoms with Gasteiger partial charge >= 0.3 is 12.1 Å². The summed E-state index contributed by atoms with van der Waals surface area (Å²) in [7, 11) is 0. The molecule has 1 saturated carbocycles. The molecule has 18 heavy (non-hydrogen) atoms. The molecular weight excluding hydrogens is 271 g/mol. The highest BCUT2D eigenvalue weighted by Gasteiger charge is 2.49. The van der Waals surface area contributed by atoms with Gasteiger partial charge in [0.2, 0.25) is 5.91 Å². The minimum absolute atomic E-state index is 0.150. The summed E-state index contributed by atoms with van der Waals surface area (Å²) in [6, 6.07) is -1.13. The van der Waals surface area contributed by atoms with Crippen LogP contribution < -0.4 is 0 Å². The van der Waals surface area contributed by atoms with E-state index in [2.05, 4.69) is 0 Å². The van der Waals surface area contributed by atoms with Crippen LogP contribution in [0.25, 0.3) is 0 Å². The zero-order chi connectivity index (χ0) is 13.5. The summed E-state index contributed by atoms with van der Waals surface area (Å²) < 4.78 is 36.7. The lowest BCUT2D eigenvalue weighted by molar-refractivity contribution is -0.167. The zero-order valence-electron chi connectivity index (χ0n) is 9.31. The van der Waals surface area contributed by atoms with Gasteiger partial charge in [-0.15, -0.1) is 11.8 Å². The van der Waals surface area contributed by atoms with Gasteiger partial charge in [0.25, 0.3) is 0 Å². The standard InChI is InChI=1S/C10H12F3NO3S/c11-10(12,13)3-7(15)14-6(9(16)17)4-18-8(14)5-1-2-5/h5-6,8H,1-4H2,(H,16,17). The fourth-order valence-electron chi connectivity index (χ4n) is 2.04. The predicted octanol–water partition coefficient (Wildman–Crippen LogP) is 1.70. The van der Waals surface area contributed by atoms with E-state index in [4.69, 9.17) is 5.11 Å². The molecule has 2 atom stereocenters. The van der Waals surface area contributed by atoms with Crippen LogP contribution in [0.4, 0.5) is 13.2 Å². The Morgan fingerprint density at radius 2 is 1.94 bits per heavy atom. The first kappa shape index (κ1) is 13.5. The van der Waals surface area contributed by atoms with Gasteiger partial charge in [-0.05, 0) is 18.8 Å². The fourth-order valence-corrected chi connectivity index (χ4v) is 3.69. The van der Waals surface area contributed by atoms with Gasteiger partial charge in [0.05, 0.1) is 5.37 Å². The third kappa shape index (κ3) is 2.90. The van der Waals surface area contributed by atoms with E-state index in [0.717, 1.165) is 17.7 Å². The van der Waals surface area contributed by atoms with Crippen molar-refractivity contribution in [3.8, 4) is 0 Å². The van der Waals surface area contributed by atoms with E-state index in [-0.39, 0.29) is 11.7 Å². The van der Waals surface area contributed by atoms with Gasteiger partial charge in [0.15, 0.2) is 0 Å². The van der Waals surface area contributed by atoms with Crippen LogP contribution in [-0.2, 0) is 9.59 Å². The van der Waals surface area contributed by atoms with E-state index in [0.29, 0.717) is 0 Å². The van der Waals surface area contributed by atoms with Gasteiger partial charge < -0.3 is 10.0 Å². The lowest BCUT2D eigenvalue weighted by atomic mass is 10.2. The van der Waals surface area contributed by atoms with Gasteiger partial charge in [-0.25, -0.2) is 4.79 Å². The number of halogens is 3. The molecule has 8 heteroatoms. The van der Waals surface area contributed by atoms with Crippen molar-refractivity contribution < 1.29 is 27.9 Å². The van der Waals surface area contributed by atoms with Gasteiger partial charge in [-0.1, -0.05) is 0 Å². The van der Waals surface area contributed by atoms with Crippen LogP contribution >= 0.6 is 11.8 Å². The van der Waals surface area contributed by atoms with Crippen molar-refractivity contribution in [3.63, 3.8) is 0 Å². The molecule has 2 fully saturated rings. The number of nitrogens with zero attached hydrogens (tertiary/aromatic N) is 1. The summed E-state index contributed by atoms with van der Waals surface area (Å²) in [5.74, 6) is -2.05. The van der Waals surface area contributed by atoms with Crippen LogP contribution in [0.3, 0.4) is 0 Å². The first-order valence-corrected chi connectivity index (χ1v) is 6.57. The summed E-state index contributed by atoms with van der Waals surface area (Å²) in [5, 5.41) is 8.56. The monoisotopic (exact) mass is 283 g/mol. The van der Waals surface area contributed by atoms with Gasteiger partial charge in [-0.3, -0.25) is 4.79 Å². The second kappa shape index (κ2) is 4.64. The normalized spacial score (nSPS) is 28.5. The van der Waals surface area contributed by atoms with Crippen molar-refractivity contribution in [2.24, 2.45) is 5.92 Å². The number of aliphatic carboxylic acids is 1. The molecule has 0 aromatic carbocycles. The Kier molecular flexibility index (Phi) is 3.48. The van der Waals surface area contributed by atoms with Gasteiger partial charge in [-0.2, -0.15) is 13.2 Å². The smallest absolute Gasteiger partial charge is 0.397 e. The number of alkyl halides is 3. The summed E-state index contributed by atoms with van der Waals surface area (Å²) in [5.41, 5.74) is 0. The number of hydrogen-bond donors (Lipinski definition) is 1. The molecule has 0 spiro atoms. The van der Waals surface area contributed by atoms with Crippen LogP contribution in [0.1, 0.15) is 19.3 Å². The van der Waals surface area contributed by atoms with E-state index in [1.807, 2.05) is 0 Å². The van der Waals surface area contributed by atoms with Crippen molar-refractivity contribution in [3.05, 3.63) is 0 Å². The summed E-state index contributed by atoms with van der Waals surface area (Å²) in [6.45, 7) is 0. The summed E-state index contributed by atoms with van der Waals surface area (Å²) >= 11 is 1.27. The summed E-state index contributed by atoms with van der Waals surface area (Å²) in [6.07, 6.45) is -4.48. The molecule has 2 unspecified atom stereocenters. The van der Waals surface area contributed by atoms with Crippen molar-refractivity contribution in [2.45, 2.75) is 36.9 Å². The molecule has 1 heterocycles. The maximum absolute atomic E-state index is 12.2. The minimum Gasteiger partial charge on any atom is -0.480 e. The van der Waals surface area contributed by atoms with Crippen molar-refractivity contribution >= 4 is 23.6 Å². The highest BCUT2D eigenvalue weighted by Crippen LogP contribution is 2.46. The number of rotatable bonds is 3. The number of carbonyl (C=O) groups is 2. The van der Waals surface area contributed by atoms with Crippen molar-refractivity contribution in [1.29, 1.82) is 0 Å². The topological polar surface area (TPSA) is 57.6 Å². The Labute approximate surface area is 106 Å². The average Bonchev–Trinajstić information content (AvgIpc) is 2.93. The minimum atomic E-state index is -4.60. The van der Waals surface area contributed by atoms with Crippen molar-refractivity contribution in [1.82, 2.24) is 4.90 Å². The number of amides is 1. The molecule has 102 valence electrons. The number of hydrogen-bond acceptors (Lipinski definition) is 3. The molecule has 4 nitrogen and oxygen atoms in total. The van der Waals surface area contributed by atoms with Crippen molar-refractivity contribution in [2.75, 3.05) is 5.75 Å². The number of carboxylic acid groups (broad SMARTS) is 1. The lowest BCUT2D eigenvalue weighted by Gasteiger charge is -2.27. The fraction of sp³-hybridized carbons (Fsp3) is 0.800. The molecular formula is C10H12F3NO3S. The van der Waals surface area contributed by atoms with E-state index in [1.165, 1.54) is 11.8 Å². The number of thioether (sulfide) groups is 1. The molecule has 0 radical (unpaired) electrons. The molecule has 1 saturated heterocycles. The van der Waals surface area contributed by atoms with E-state index in [9.17, 15) is 22.8 Å². The maximum Gasteiger partial charge on any atom is 0.397 e. The molecule has 1 aliphatic carbocycles. The van der Waals surface area contributed by atoms with E-state index >= 15 is 0 Å². The van der Waals surface area contributed by atoms with Gasteiger partial charge in [0.1, 0.15) is 12.5 Å². The highest BCUT2D eigenvalue weighted by atomic mass is 32.2. The number of carboxylic acids is 1. The molecule has 1 aliphatic heterocycles. The van der Waals surface area contributed by atoms with Crippen LogP contribution in [0.5, 0.6) is 0 Å². The Morgan fingerprint density at radius 3 is 2.39 bits per heavy atom. The molecule has 1 N–H and O–H groups in total. The third-order valence-electron chi connectivity index (χ3n) is 2.98. The Morgan fingerprint density at radius 1 is 1.33 bits per heavy atom. The first-order valence-electron chi connectivity index (χ1n) is 5.52. The third-order valence-corrected chi connectivity index (χ3v) is 4.45. The largest absolute Gasteiger partial charge is 0.480 e. The molecule has 0 bridgehead atoms. The first-order chi connectivity index (χ1) is 8.29. The quantitative estimate of drug-likeness (QED) is 0.856. The summed E-state index contributed by atoms with van der Waals surface area (Å²) in [4.78, 5) is 23.6. The van der Waals surface area contributed by atoms with E-state index < -0.39 is 35.9 Å². The average molecular weight is 283 g/mol.